The summed E-state index contributed by atoms with van der Waals surface area (Å²) in [6, 6.07) is 11.6. The largest absolute Gasteiger partial charge is 0.497 e. The maximum atomic E-state index is 12.5. The summed E-state index contributed by atoms with van der Waals surface area (Å²) < 4.78 is 5.16. The summed E-state index contributed by atoms with van der Waals surface area (Å²) in [5.41, 5.74) is 2.54. The molecule has 0 radical (unpaired) electrons. The predicted octanol–water partition coefficient (Wildman–Crippen LogP) is 3.96. The van der Waals surface area contributed by atoms with Crippen LogP contribution in [0.4, 0.5) is 5.69 Å². The van der Waals surface area contributed by atoms with Crippen molar-refractivity contribution in [2.45, 2.75) is 33.2 Å². The van der Waals surface area contributed by atoms with Crippen LogP contribution in [0.25, 0.3) is 0 Å². The molecule has 0 saturated heterocycles. The quantitative estimate of drug-likeness (QED) is 0.750. The number of amides is 1. The number of hydrogen-bond acceptors (Lipinski definition) is 4. The lowest BCUT2D eigenvalue weighted by molar-refractivity contribution is 0.0749. The predicted molar refractivity (Wildman–Crippen MR) is 101 cm³/mol. The topological polar surface area (TPSA) is 54.5 Å². The molecule has 0 spiro atoms. The summed E-state index contributed by atoms with van der Waals surface area (Å²) in [6.07, 6.45) is 3.62. The number of aromatic nitrogens is 1. The van der Waals surface area contributed by atoms with E-state index in [-0.39, 0.29) is 5.91 Å². The van der Waals surface area contributed by atoms with Gasteiger partial charge in [0.1, 0.15) is 11.4 Å². The molecule has 0 atom stereocenters. The molecule has 1 aromatic carbocycles. The van der Waals surface area contributed by atoms with Gasteiger partial charge in [0, 0.05) is 19.6 Å². The van der Waals surface area contributed by atoms with E-state index in [9.17, 15) is 4.79 Å². The average Bonchev–Trinajstić information content (AvgIpc) is 2.66. The fourth-order valence-corrected chi connectivity index (χ4v) is 2.59. The van der Waals surface area contributed by atoms with Gasteiger partial charge in [-0.1, -0.05) is 26.0 Å². The van der Waals surface area contributed by atoms with Crippen LogP contribution < -0.4 is 10.1 Å². The smallest absolute Gasteiger partial charge is 0.272 e. The van der Waals surface area contributed by atoms with Crippen molar-refractivity contribution in [3.63, 3.8) is 0 Å². The number of carbonyl (C=O) groups is 1. The van der Waals surface area contributed by atoms with Gasteiger partial charge in [-0.3, -0.25) is 4.79 Å². The molecule has 0 aliphatic rings. The van der Waals surface area contributed by atoms with Crippen LogP contribution in [-0.2, 0) is 6.54 Å². The molecular formula is C20H27N3O2. The lowest BCUT2D eigenvalue weighted by atomic mass is 10.2. The van der Waals surface area contributed by atoms with Crippen LogP contribution >= 0.6 is 0 Å². The van der Waals surface area contributed by atoms with Crippen LogP contribution in [0, 0.1) is 0 Å². The van der Waals surface area contributed by atoms with Crippen molar-refractivity contribution in [2.75, 3.05) is 25.5 Å². The van der Waals surface area contributed by atoms with Gasteiger partial charge in [-0.2, -0.15) is 0 Å². The van der Waals surface area contributed by atoms with Gasteiger partial charge in [-0.05, 0) is 42.7 Å². The molecule has 1 aromatic heterocycles. The Balaban J connectivity index is 1.95. The average molecular weight is 341 g/mol. The van der Waals surface area contributed by atoms with Crippen LogP contribution in [0.1, 0.15) is 42.7 Å². The summed E-state index contributed by atoms with van der Waals surface area (Å²) in [6.45, 7) is 6.39. The van der Waals surface area contributed by atoms with Crippen molar-refractivity contribution in [1.29, 1.82) is 0 Å². The highest BCUT2D eigenvalue weighted by Gasteiger charge is 2.15. The van der Waals surface area contributed by atoms with Gasteiger partial charge in [-0.25, -0.2) is 4.98 Å². The Morgan fingerprint density at radius 1 is 1.08 bits per heavy atom. The van der Waals surface area contributed by atoms with E-state index >= 15 is 0 Å². The van der Waals surface area contributed by atoms with Crippen molar-refractivity contribution < 1.29 is 9.53 Å². The monoisotopic (exact) mass is 341 g/mol. The first-order chi connectivity index (χ1) is 12.2. The third-order valence-electron chi connectivity index (χ3n) is 3.91. The fraction of sp³-hybridized carbons (Fsp3) is 0.400. The molecule has 1 amide bonds. The number of benzene rings is 1. The second kappa shape index (κ2) is 9.67. The zero-order valence-corrected chi connectivity index (χ0v) is 15.3. The Morgan fingerprint density at radius 3 is 2.28 bits per heavy atom. The zero-order valence-electron chi connectivity index (χ0n) is 15.3. The molecule has 0 bridgehead atoms. The molecular weight excluding hydrogens is 314 g/mol. The van der Waals surface area contributed by atoms with Gasteiger partial charge < -0.3 is 15.0 Å². The molecule has 5 heteroatoms. The summed E-state index contributed by atoms with van der Waals surface area (Å²) in [7, 11) is 1.66. The highest BCUT2D eigenvalue weighted by molar-refractivity contribution is 5.92. The second-order valence-corrected chi connectivity index (χ2v) is 5.93. The highest BCUT2D eigenvalue weighted by atomic mass is 16.5. The van der Waals surface area contributed by atoms with E-state index in [1.165, 1.54) is 0 Å². The van der Waals surface area contributed by atoms with E-state index in [0.717, 1.165) is 42.9 Å². The normalized spacial score (nSPS) is 10.4. The lowest BCUT2D eigenvalue weighted by Gasteiger charge is -2.21. The minimum Gasteiger partial charge on any atom is -0.497 e. The number of methoxy groups -OCH3 is 1. The Bertz CT molecular complexity index is 648. The SMILES string of the molecule is CCCN(CCC)C(=O)c1ccc(NCc2ccc(OC)cc2)cn1. The van der Waals surface area contributed by atoms with Crippen molar-refractivity contribution in [2.24, 2.45) is 0 Å². The lowest BCUT2D eigenvalue weighted by Crippen LogP contribution is -2.33. The van der Waals surface area contributed by atoms with Crippen LogP contribution in [-0.4, -0.2) is 36.0 Å². The van der Waals surface area contributed by atoms with Gasteiger partial charge in [0.05, 0.1) is 19.0 Å². The summed E-state index contributed by atoms with van der Waals surface area (Å²) in [5.74, 6) is 0.849. The van der Waals surface area contributed by atoms with Gasteiger partial charge in [0.25, 0.3) is 5.91 Å². The Kier molecular flexibility index (Phi) is 7.26. The molecule has 0 aliphatic heterocycles. The molecule has 25 heavy (non-hydrogen) atoms. The molecule has 0 unspecified atom stereocenters. The molecule has 0 aliphatic carbocycles. The number of ether oxygens (including phenoxy) is 1. The summed E-state index contributed by atoms with van der Waals surface area (Å²) in [5, 5.41) is 3.32. The number of nitrogens with one attached hydrogen (secondary N) is 1. The van der Waals surface area contributed by atoms with Crippen molar-refractivity contribution in [3.8, 4) is 5.75 Å². The first-order valence-corrected chi connectivity index (χ1v) is 8.80. The molecule has 2 aromatic rings. The van der Waals surface area contributed by atoms with Crippen LogP contribution in [0.3, 0.4) is 0 Å². The number of carbonyl (C=O) groups excluding carboxylic acids is 1. The highest BCUT2D eigenvalue weighted by Crippen LogP contribution is 2.14. The van der Waals surface area contributed by atoms with Crippen LogP contribution in [0.5, 0.6) is 5.75 Å². The van der Waals surface area contributed by atoms with Crippen molar-refractivity contribution >= 4 is 11.6 Å². The molecule has 134 valence electrons. The molecule has 0 fully saturated rings. The van der Waals surface area contributed by atoms with Gasteiger partial charge in [-0.15, -0.1) is 0 Å². The molecule has 0 saturated carbocycles. The molecule has 5 nitrogen and oxygen atoms in total. The number of anilines is 1. The maximum absolute atomic E-state index is 12.5. The van der Waals surface area contributed by atoms with Gasteiger partial charge >= 0.3 is 0 Å². The van der Waals surface area contributed by atoms with E-state index in [1.807, 2.05) is 35.2 Å². The maximum Gasteiger partial charge on any atom is 0.272 e. The summed E-state index contributed by atoms with van der Waals surface area (Å²) >= 11 is 0. The van der Waals surface area contributed by atoms with E-state index in [0.29, 0.717) is 12.2 Å². The molecule has 1 heterocycles. The number of hydrogen-bond donors (Lipinski definition) is 1. The van der Waals surface area contributed by atoms with E-state index < -0.39 is 0 Å². The van der Waals surface area contributed by atoms with Crippen molar-refractivity contribution in [1.82, 2.24) is 9.88 Å². The minimum absolute atomic E-state index is 0.00500. The number of pyridine rings is 1. The minimum atomic E-state index is 0.00500. The van der Waals surface area contributed by atoms with E-state index in [1.54, 1.807) is 19.4 Å². The Morgan fingerprint density at radius 2 is 1.76 bits per heavy atom. The standard InChI is InChI=1S/C20H27N3O2/c1-4-12-23(13-5-2)20(24)19-11-8-17(15-22-19)21-14-16-6-9-18(25-3)10-7-16/h6-11,15,21H,4-5,12-14H2,1-3H3. The van der Waals surface area contributed by atoms with Crippen molar-refractivity contribution in [3.05, 3.63) is 53.9 Å². The number of nitrogens with zero attached hydrogens (tertiary/aromatic N) is 2. The van der Waals surface area contributed by atoms with E-state index in [2.05, 4.69) is 24.1 Å². The van der Waals surface area contributed by atoms with Gasteiger partial charge in [0.2, 0.25) is 0 Å². The van der Waals surface area contributed by atoms with Crippen LogP contribution in [0.2, 0.25) is 0 Å². The first-order valence-electron chi connectivity index (χ1n) is 8.80. The van der Waals surface area contributed by atoms with E-state index in [4.69, 9.17) is 4.74 Å². The molecule has 2 rings (SSSR count). The first kappa shape index (κ1) is 18.8. The third-order valence-corrected chi connectivity index (χ3v) is 3.91. The summed E-state index contributed by atoms with van der Waals surface area (Å²) in [4.78, 5) is 18.7. The Hall–Kier alpha value is -2.56. The third kappa shape index (κ3) is 5.48. The van der Waals surface area contributed by atoms with Crippen LogP contribution in [0.15, 0.2) is 42.6 Å². The fourth-order valence-electron chi connectivity index (χ4n) is 2.59. The number of rotatable bonds is 9. The Labute approximate surface area is 150 Å². The molecule has 1 N–H and O–H groups in total. The van der Waals surface area contributed by atoms with Gasteiger partial charge in [0.15, 0.2) is 0 Å². The zero-order chi connectivity index (χ0) is 18.1. The second-order valence-electron chi connectivity index (χ2n) is 5.93.